The normalized spacial score (nSPS) is 11.1. The Hall–Kier alpha value is -2.08. The highest BCUT2D eigenvalue weighted by Gasteiger charge is 2.18. The molecule has 0 unspecified atom stereocenters. The summed E-state index contributed by atoms with van der Waals surface area (Å²) in [5, 5.41) is 2.30. The molecule has 0 amide bonds. The van der Waals surface area contributed by atoms with Gasteiger partial charge in [-0.1, -0.05) is 6.07 Å². The molecule has 0 aliphatic rings. The SMILES string of the molecule is Cn1c(-c2c(F)cccc2F)c2ccsc2nc1=O. The number of nitrogens with zero attached hydrogens (tertiary/aromatic N) is 2. The molecular weight excluding hydrogens is 270 g/mol. The van der Waals surface area contributed by atoms with Crippen molar-refractivity contribution >= 4 is 21.6 Å². The van der Waals surface area contributed by atoms with Gasteiger partial charge in [0.1, 0.15) is 16.5 Å². The van der Waals surface area contributed by atoms with E-state index in [9.17, 15) is 13.6 Å². The van der Waals surface area contributed by atoms with Crippen LogP contribution in [0.4, 0.5) is 8.78 Å². The first-order valence-corrected chi connectivity index (χ1v) is 6.36. The lowest BCUT2D eigenvalue weighted by Gasteiger charge is -2.10. The van der Waals surface area contributed by atoms with E-state index in [4.69, 9.17) is 0 Å². The molecule has 3 rings (SSSR count). The fourth-order valence-electron chi connectivity index (χ4n) is 2.03. The van der Waals surface area contributed by atoms with Crippen molar-refractivity contribution in [3.63, 3.8) is 0 Å². The Labute approximate surface area is 110 Å². The topological polar surface area (TPSA) is 34.9 Å². The maximum Gasteiger partial charge on any atom is 0.349 e. The fraction of sp³-hybridized carbons (Fsp3) is 0.0769. The van der Waals surface area contributed by atoms with Gasteiger partial charge in [-0.25, -0.2) is 13.6 Å². The highest BCUT2D eigenvalue weighted by Crippen LogP contribution is 2.32. The number of hydrogen-bond donors (Lipinski definition) is 0. The molecule has 3 nitrogen and oxygen atoms in total. The lowest BCUT2D eigenvalue weighted by Crippen LogP contribution is -2.21. The molecule has 2 heterocycles. The molecule has 0 bridgehead atoms. The van der Waals surface area contributed by atoms with Crippen molar-refractivity contribution in [2.45, 2.75) is 0 Å². The van der Waals surface area contributed by atoms with Gasteiger partial charge in [0.05, 0.1) is 11.3 Å². The minimum absolute atomic E-state index is 0.201. The number of aromatic nitrogens is 2. The zero-order valence-corrected chi connectivity index (χ0v) is 10.7. The van der Waals surface area contributed by atoms with Crippen molar-refractivity contribution in [2.24, 2.45) is 7.05 Å². The number of benzene rings is 1. The van der Waals surface area contributed by atoms with Crippen LogP contribution in [0.1, 0.15) is 0 Å². The molecule has 0 spiro atoms. The van der Waals surface area contributed by atoms with E-state index in [1.54, 1.807) is 11.4 Å². The second-order valence-electron chi connectivity index (χ2n) is 4.04. The lowest BCUT2D eigenvalue weighted by molar-refractivity contribution is 0.586. The zero-order chi connectivity index (χ0) is 13.6. The Bertz CT molecular complexity index is 818. The Morgan fingerprint density at radius 3 is 2.58 bits per heavy atom. The molecule has 6 heteroatoms. The van der Waals surface area contributed by atoms with Gasteiger partial charge in [0, 0.05) is 12.4 Å². The largest absolute Gasteiger partial charge is 0.349 e. The van der Waals surface area contributed by atoms with E-state index >= 15 is 0 Å². The fourth-order valence-corrected chi connectivity index (χ4v) is 2.79. The van der Waals surface area contributed by atoms with Gasteiger partial charge in [0.15, 0.2) is 0 Å². The molecule has 0 saturated heterocycles. The molecule has 0 aliphatic carbocycles. The number of hydrogen-bond acceptors (Lipinski definition) is 3. The first kappa shape index (κ1) is 12.0. The second-order valence-corrected chi connectivity index (χ2v) is 4.93. The van der Waals surface area contributed by atoms with Crippen LogP contribution < -0.4 is 5.69 Å². The van der Waals surface area contributed by atoms with Gasteiger partial charge in [-0.05, 0) is 23.6 Å². The summed E-state index contributed by atoms with van der Waals surface area (Å²) in [4.78, 5) is 16.1. The number of halogens is 2. The van der Waals surface area contributed by atoms with E-state index in [2.05, 4.69) is 4.98 Å². The average Bonchev–Trinajstić information content (AvgIpc) is 2.81. The summed E-state index contributed by atoms with van der Waals surface area (Å²) in [7, 11) is 1.45. The van der Waals surface area contributed by atoms with Gasteiger partial charge in [-0.2, -0.15) is 4.98 Å². The third-order valence-electron chi connectivity index (χ3n) is 2.92. The smallest absolute Gasteiger partial charge is 0.294 e. The minimum Gasteiger partial charge on any atom is -0.294 e. The summed E-state index contributed by atoms with van der Waals surface area (Å²) in [6, 6.07) is 5.33. The van der Waals surface area contributed by atoms with Crippen LogP contribution in [-0.2, 0) is 7.05 Å². The first-order valence-electron chi connectivity index (χ1n) is 5.48. The molecule has 19 heavy (non-hydrogen) atoms. The molecule has 0 atom stereocenters. The molecular formula is C13H8F2N2OS. The van der Waals surface area contributed by atoms with Gasteiger partial charge in [-0.3, -0.25) is 4.57 Å². The molecule has 0 saturated carbocycles. The van der Waals surface area contributed by atoms with Crippen LogP contribution in [0.2, 0.25) is 0 Å². The molecule has 0 N–H and O–H groups in total. The zero-order valence-electron chi connectivity index (χ0n) is 9.85. The maximum absolute atomic E-state index is 13.9. The number of thiophene rings is 1. The summed E-state index contributed by atoms with van der Waals surface area (Å²) in [6.07, 6.45) is 0. The maximum atomic E-state index is 13.9. The van der Waals surface area contributed by atoms with Crippen LogP contribution in [0.15, 0.2) is 34.4 Å². The van der Waals surface area contributed by atoms with Gasteiger partial charge < -0.3 is 0 Å². The van der Waals surface area contributed by atoms with Crippen molar-refractivity contribution < 1.29 is 8.78 Å². The van der Waals surface area contributed by atoms with Crippen molar-refractivity contribution in [1.82, 2.24) is 9.55 Å². The van der Waals surface area contributed by atoms with Crippen LogP contribution >= 0.6 is 11.3 Å². The van der Waals surface area contributed by atoms with Crippen molar-refractivity contribution in [3.8, 4) is 11.3 Å². The molecule has 3 aromatic rings. The standard InChI is InChI=1S/C13H8F2N2OS/c1-17-11(10-8(14)3-2-4-9(10)15)7-5-6-19-12(7)16-13(17)18/h2-6H,1H3. The van der Waals surface area contributed by atoms with E-state index in [1.807, 2.05) is 0 Å². The van der Waals surface area contributed by atoms with Gasteiger partial charge >= 0.3 is 5.69 Å². The minimum atomic E-state index is -0.700. The molecule has 0 radical (unpaired) electrons. The Balaban J connectivity index is 2.52. The Kier molecular flexibility index (Phi) is 2.67. The van der Waals surface area contributed by atoms with E-state index in [1.165, 1.54) is 36.6 Å². The first-order chi connectivity index (χ1) is 9.09. The monoisotopic (exact) mass is 278 g/mol. The highest BCUT2D eigenvalue weighted by atomic mass is 32.1. The summed E-state index contributed by atoms with van der Waals surface area (Å²) < 4.78 is 29.0. The Morgan fingerprint density at radius 2 is 1.89 bits per heavy atom. The van der Waals surface area contributed by atoms with Crippen LogP contribution in [-0.4, -0.2) is 9.55 Å². The molecule has 1 aromatic carbocycles. The summed E-state index contributed by atoms with van der Waals surface area (Å²) in [5.74, 6) is -1.40. The van der Waals surface area contributed by atoms with Crippen LogP contribution in [0.25, 0.3) is 21.5 Å². The van der Waals surface area contributed by atoms with Gasteiger partial charge in [0.2, 0.25) is 0 Å². The van der Waals surface area contributed by atoms with Crippen LogP contribution in [0.5, 0.6) is 0 Å². The van der Waals surface area contributed by atoms with Crippen LogP contribution in [0.3, 0.4) is 0 Å². The lowest BCUT2D eigenvalue weighted by atomic mass is 10.1. The van der Waals surface area contributed by atoms with Gasteiger partial charge in [0.25, 0.3) is 0 Å². The van der Waals surface area contributed by atoms with Crippen LogP contribution in [0, 0.1) is 11.6 Å². The molecule has 0 aliphatic heterocycles. The number of rotatable bonds is 1. The number of fused-ring (bicyclic) bond motifs is 1. The quantitative estimate of drug-likeness (QED) is 0.686. The molecule has 2 aromatic heterocycles. The second kappa shape index (κ2) is 4.24. The third kappa shape index (κ3) is 1.76. The van der Waals surface area contributed by atoms with Crippen molar-refractivity contribution in [2.75, 3.05) is 0 Å². The summed E-state index contributed by atoms with van der Waals surface area (Å²) in [6.45, 7) is 0. The Morgan fingerprint density at radius 1 is 1.21 bits per heavy atom. The third-order valence-corrected chi connectivity index (χ3v) is 3.73. The highest BCUT2D eigenvalue weighted by molar-refractivity contribution is 7.16. The van der Waals surface area contributed by atoms with E-state index < -0.39 is 17.3 Å². The average molecular weight is 278 g/mol. The summed E-state index contributed by atoms with van der Waals surface area (Å²) >= 11 is 1.26. The van der Waals surface area contributed by atoms with E-state index in [0.717, 1.165) is 4.57 Å². The van der Waals surface area contributed by atoms with Crippen molar-refractivity contribution in [3.05, 3.63) is 51.8 Å². The molecule has 0 fully saturated rings. The van der Waals surface area contributed by atoms with Crippen molar-refractivity contribution in [1.29, 1.82) is 0 Å². The predicted octanol–water partition coefficient (Wildman–Crippen LogP) is 2.94. The predicted molar refractivity (Wildman–Crippen MR) is 70.2 cm³/mol. The molecule has 96 valence electrons. The van der Waals surface area contributed by atoms with E-state index in [0.29, 0.717) is 10.2 Å². The summed E-state index contributed by atoms with van der Waals surface area (Å²) in [5.41, 5.74) is -0.521. The van der Waals surface area contributed by atoms with E-state index in [-0.39, 0.29) is 11.3 Å². The van der Waals surface area contributed by atoms with Gasteiger partial charge in [-0.15, -0.1) is 11.3 Å².